The average molecular weight is 626 g/mol. The molecule has 2 bridgehead atoms. The van der Waals surface area contributed by atoms with E-state index < -0.39 is 28.7 Å². The fourth-order valence-corrected chi connectivity index (χ4v) is 11.0. The number of hydrogen-bond donors (Lipinski definition) is 1. The number of unbranched alkanes of at least 4 members (excludes halogenated alkanes) is 1. The maximum atomic E-state index is 14.7. The van der Waals surface area contributed by atoms with E-state index in [0.717, 1.165) is 38.5 Å². The molecule has 4 fully saturated rings. The molecule has 7 nitrogen and oxygen atoms in total. The highest BCUT2D eigenvalue weighted by Gasteiger charge is 2.77. The molecule has 0 radical (unpaired) electrons. The molecule has 9 heteroatoms. The second kappa shape index (κ2) is 13.1. The molecule has 4 aliphatic rings. The first-order valence-corrected chi connectivity index (χ1v) is 16.5. The zero-order valence-electron chi connectivity index (χ0n) is 23.4. The Balaban J connectivity index is 1.75. The summed E-state index contributed by atoms with van der Waals surface area (Å²) in [5.41, 5.74) is 0. The number of hydrogen-bond acceptors (Lipinski definition) is 6. The number of halogens is 1. The first kappa shape index (κ1) is 30.6. The minimum absolute atomic E-state index is 0.00159. The smallest absolute Gasteiger partial charge is 0.310 e. The van der Waals surface area contributed by atoms with Crippen LogP contribution in [0.25, 0.3) is 0 Å². The van der Waals surface area contributed by atoms with Crippen molar-refractivity contribution in [2.75, 3.05) is 19.8 Å². The summed E-state index contributed by atoms with van der Waals surface area (Å²) in [6.07, 6.45) is 11.6. The summed E-state index contributed by atoms with van der Waals surface area (Å²) in [6.45, 7) is 12.2. The number of likely N-dealkylation sites (tertiary alicyclic amines) is 1. The molecular weight excluding hydrogens is 580 g/mol. The topological polar surface area (TPSA) is 87.2 Å². The number of amides is 2. The molecule has 2 amide bonds. The molecule has 1 saturated carbocycles. The van der Waals surface area contributed by atoms with E-state index in [0.29, 0.717) is 19.4 Å². The highest BCUT2D eigenvalue weighted by molar-refractivity contribution is 9.09. The van der Waals surface area contributed by atoms with Crippen molar-refractivity contribution < 1.29 is 24.2 Å². The summed E-state index contributed by atoms with van der Waals surface area (Å²) in [5.74, 6) is -1.86. The van der Waals surface area contributed by atoms with Gasteiger partial charge in [0, 0.05) is 22.7 Å². The lowest BCUT2D eigenvalue weighted by Crippen LogP contribution is -2.60. The van der Waals surface area contributed by atoms with Gasteiger partial charge < -0.3 is 19.6 Å². The number of nitrogens with zero attached hydrogens (tertiary/aromatic N) is 2. The van der Waals surface area contributed by atoms with Gasteiger partial charge >= 0.3 is 5.97 Å². The molecular formula is C30H45BrN2O5S. The Bertz CT molecular complexity index is 942. The maximum Gasteiger partial charge on any atom is 0.310 e. The first-order valence-electron chi connectivity index (χ1n) is 14.7. The van der Waals surface area contributed by atoms with Gasteiger partial charge in [-0.1, -0.05) is 67.6 Å². The Kier molecular flexibility index (Phi) is 10.3. The van der Waals surface area contributed by atoms with Crippen LogP contribution in [0.2, 0.25) is 0 Å². The van der Waals surface area contributed by atoms with E-state index in [1.54, 1.807) is 28.8 Å². The highest BCUT2D eigenvalue weighted by Crippen LogP contribution is 2.68. The van der Waals surface area contributed by atoms with Crippen LogP contribution in [0.15, 0.2) is 25.3 Å². The molecule has 8 atom stereocenters. The van der Waals surface area contributed by atoms with Gasteiger partial charge in [-0.25, -0.2) is 0 Å². The minimum Gasteiger partial charge on any atom is -0.465 e. The zero-order valence-corrected chi connectivity index (χ0v) is 25.8. The number of alkyl halides is 1. The van der Waals surface area contributed by atoms with Gasteiger partial charge in [0.2, 0.25) is 11.8 Å². The van der Waals surface area contributed by atoms with Crippen molar-refractivity contribution in [3.05, 3.63) is 25.3 Å². The number of allylic oxidation sites excluding steroid dienone is 1. The summed E-state index contributed by atoms with van der Waals surface area (Å²) in [5, 5.41) is 10.4. The van der Waals surface area contributed by atoms with Crippen LogP contribution in [-0.4, -0.2) is 85.4 Å². The lowest BCUT2D eigenvalue weighted by atomic mass is 9.71. The quantitative estimate of drug-likeness (QED) is 0.138. The predicted molar refractivity (Wildman–Crippen MR) is 159 cm³/mol. The van der Waals surface area contributed by atoms with E-state index >= 15 is 0 Å². The van der Waals surface area contributed by atoms with Crippen molar-refractivity contribution in [3.8, 4) is 0 Å². The number of esters is 1. The van der Waals surface area contributed by atoms with Gasteiger partial charge in [0.15, 0.2) is 0 Å². The van der Waals surface area contributed by atoms with Crippen LogP contribution < -0.4 is 0 Å². The van der Waals surface area contributed by atoms with E-state index in [9.17, 15) is 19.5 Å². The number of fused-ring (bicyclic) bond motifs is 1. The van der Waals surface area contributed by atoms with Gasteiger partial charge in [-0.15, -0.1) is 24.9 Å². The van der Waals surface area contributed by atoms with Crippen molar-refractivity contribution in [1.29, 1.82) is 0 Å². The lowest BCUT2D eigenvalue weighted by Gasteiger charge is -2.43. The molecule has 0 aromatic rings. The van der Waals surface area contributed by atoms with E-state index in [2.05, 4.69) is 29.1 Å². The summed E-state index contributed by atoms with van der Waals surface area (Å²) < 4.78 is 4.96. The second-order valence-electron chi connectivity index (χ2n) is 11.7. The molecule has 0 aromatic carbocycles. The number of rotatable bonds is 13. The lowest BCUT2D eigenvalue weighted by molar-refractivity contribution is -0.155. The van der Waals surface area contributed by atoms with Crippen molar-refractivity contribution in [1.82, 2.24) is 9.80 Å². The number of ether oxygens (including phenoxy) is 1. The normalized spacial score (nSPS) is 33.5. The molecule has 0 aromatic heterocycles. The highest BCUT2D eigenvalue weighted by atomic mass is 79.9. The van der Waals surface area contributed by atoms with Crippen LogP contribution in [0.5, 0.6) is 0 Å². The maximum absolute atomic E-state index is 14.7. The van der Waals surface area contributed by atoms with Gasteiger partial charge in [-0.05, 0) is 38.0 Å². The number of carbonyl (C=O) groups excluding carboxylic acids is 3. The molecule has 1 aliphatic carbocycles. The minimum atomic E-state index is -0.743. The Morgan fingerprint density at radius 2 is 2.00 bits per heavy atom. The first-order chi connectivity index (χ1) is 18.8. The van der Waals surface area contributed by atoms with Gasteiger partial charge in [0.05, 0.1) is 35.8 Å². The fourth-order valence-electron chi connectivity index (χ4n) is 7.39. The van der Waals surface area contributed by atoms with E-state index in [1.807, 2.05) is 18.7 Å². The number of carbonyl (C=O) groups is 3. The molecule has 4 rings (SSSR count). The second-order valence-corrected chi connectivity index (χ2v) is 14.4. The summed E-state index contributed by atoms with van der Waals surface area (Å²) in [4.78, 5) is 46.3. The summed E-state index contributed by atoms with van der Waals surface area (Å²) >= 11 is 5.45. The Morgan fingerprint density at radius 3 is 2.62 bits per heavy atom. The van der Waals surface area contributed by atoms with Gasteiger partial charge in [-0.2, -0.15) is 0 Å². The molecule has 3 saturated heterocycles. The van der Waals surface area contributed by atoms with E-state index in [4.69, 9.17) is 4.74 Å². The Labute approximate surface area is 246 Å². The van der Waals surface area contributed by atoms with E-state index in [1.165, 1.54) is 6.42 Å². The van der Waals surface area contributed by atoms with E-state index in [-0.39, 0.29) is 53.0 Å². The molecule has 218 valence electrons. The van der Waals surface area contributed by atoms with Crippen molar-refractivity contribution in [2.45, 2.75) is 105 Å². The Morgan fingerprint density at radius 1 is 1.28 bits per heavy atom. The average Bonchev–Trinajstić information content (AvgIpc) is 3.53. The van der Waals surface area contributed by atoms with Crippen molar-refractivity contribution in [3.63, 3.8) is 0 Å². The Hall–Kier alpha value is -1.32. The van der Waals surface area contributed by atoms with Crippen LogP contribution in [0.1, 0.15) is 71.6 Å². The predicted octanol–water partition coefficient (Wildman–Crippen LogP) is 4.71. The third-order valence-corrected chi connectivity index (χ3v) is 12.7. The molecule has 1 N–H and O–H groups in total. The summed E-state index contributed by atoms with van der Waals surface area (Å²) in [7, 11) is 0. The standard InChI is InChI=1S/C30H45BrN2O5S/c1-5-8-12-16-38-29(37)23-24-27(35)33(22(18-34)19(4)7-3)26(30(24)17-21(31)25(23)39-30)28(36)32(15-6-2)20-13-10-9-11-14-20/h5-6,19-26,34H,1-2,7-18H2,3-4H3/t19-,21?,22-,23+,24-,25+,26?,30?/m0/s1. The van der Waals surface area contributed by atoms with Crippen LogP contribution in [0.3, 0.4) is 0 Å². The van der Waals surface area contributed by atoms with Gasteiger partial charge in [0.25, 0.3) is 0 Å². The van der Waals surface area contributed by atoms with Gasteiger partial charge in [-0.3, -0.25) is 14.4 Å². The van der Waals surface area contributed by atoms with Crippen LogP contribution in [-0.2, 0) is 19.1 Å². The summed E-state index contributed by atoms with van der Waals surface area (Å²) in [6, 6.07) is -1.12. The zero-order chi connectivity index (χ0) is 28.3. The number of thioether (sulfide) groups is 1. The third-order valence-electron chi connectivity index (χ3n) is 9.50. The largest absolute Gasteiger partial charge is 0.465 e. The molecule has 3 unspecified atom stereocenters. The van der Waals surface area contributed by atoms with Crippen LogP contribution in [0.4, 0.5) is 0 Å². The SMILES string of the molecule is C=CCCCOC(=O)[C@H]1[C@@H]2SC3(CC2Br)C(C(=O)N(CC=C)C2CCCCC2)N([C@@H](CO)[C@@H](C)CC)C(=O)[C@H]13. The molecule has 3 heterocycles. The van der Waals surface area contributed by atoms with Crippen LogP contribution >= 0.6 is 27.7 Å². The van der Waals surface area contributed by atoms with Gasteiger partial charge in [0.1, 0.15) is 6.04 Å². The number of aliphatic hydroxyl groups is 1. The number of aliphatic hydroxyl groups excluding tert-OH is 1. The molecule has 39 heavy (non-hydrogen) atoms. The third kappa shape index (κ3) is 5.49. The monoisotopic (exact) mass is 624 g/mol. The van der Waals surface area contributed by atoms with Crippen LogP contribution in [0, 0.1) is 17.8 Å². The molecule has 3 aliphatic heterocycles. The van der Waals surface area contributed by atoms with Crippen molar-refractivity contribution >= 4 is 45.5 Å². The fraction of sp³-hybridized carbons (Fsp3) is 0.767. The molecule has 1 spiro atoms. The van der Waals surface area contributed by atoms with Crippen molar-refractivity contribution in [2.24, 2.45) is 17.8 Å².